The molecule has 0 aromatic rings. The van der Waals surface area contributed by atoms with Gasteiger partial charge in [-0.05, 0) is 0 Å². The first-order chi connectivity index (χ1) is 9.73. The van der Waals surface area contributed by atoms with Gasteiger partial charge in [-0.25, -0.2) is 9.59 Å². The molecule has 0 spiro atoms. The van der Waals surface area contributed by atoms with Crippen LogP contribution in [0.5, 0.6) is 0 Å². The summed E-state index contributed by atoms with van der Waals surface area (Å²) in [5, 5.41) is 22.8. The second-order valence-corrected chi connectivity index (χ2v) is 6.47. The SMILES string of the molecule is CC(=O)NC(CSCSCC(NC(C)=O)C(=O)O)C(=O)O. The Morgan fingerprint density at radius 3 is 1.43 bits per heavy atom. The predicted molar refractivity (Wildman–Crippen MR) is 80.3 cm³/mol. The number of carbonyl (C=O) groups is 4. The van der Waals surface area contributed by atoms with Crippen molar-refractivity contribution in [3.05, 3.63) is 0 Å². The number of hydrogen-bond acceptors (Lipinski definition) is 6. The Bertz CT molecular complexity index is 368. The zero-order valence-electron chi connectivity index (χ0n) is 11.6. The van der Waals surface area contributed by atoms with Crippen molar-refractivity contribution in [2.75, 3.05) is 16.6 Å². The fourth-order valence-corrected chi connectivity index (χ4v) is 3.40. The molecule has 4 N–H and O–H groups in total. The number of thioether (sulfide) groups is 2. The van der Waals surface area contributed by atoms with E-state index in [1.165, 1.54) is 37.4 Å². The maximum Gasteiger partial charge on any atom is 0.327 e. The van der Waals surface area contributed by atoms with E-state index in [4.69, 9.17) is 10.2 Å². The van der Waals surface area contributed by atoms with Crippen molar-refractivity contribution in [3.63, 3.8) is 0 Å². The van der Waals surface area contributed by atoms with Gasteiger partial charge < -0.3 is 20.8 Å². The van der Waals surface area contributed by atoms with Crippen molar-refractivity contribution < 1.29 is 29.4 Å². The summed E-state index contributed by atoms with van der Waals surface area (Å²) in [5.74, 6) is -2.73. The van der Waals surface area contributed by atoms with E-state index in [9.17, 15) is 19.2 Å². The molecule has 2 unspecified atom stereocenters. The van der Waals surface area contributed by atoms with Crippen LogP contribution < -0.4 is 10.6 Å². The second-order valence-electron chi connectivity index (χ2n) is 4.04. The first-order valence-corrected chi connectivity index (χ1v) is 8.20. The van der Waals surface area contributed by atoms with Crippen LogP contribution >= 0.6 is 23.5 Å². The highest BCUT2D eigenvalue weighted by Gasteiger charge is 2.20. The molecular formula is C11H18N2O6S2. The number of carboxylic acid groups (broad SMARTS) is 2. The van der Waals surface area contributed by atoms with Gasteiger partial charge in [0.25, 0.3) is 0 Å². The summed E-state index contributed by atoms with van der Waals surface area (Å²) in [4.78, 5) is 43.4. The quantitative estimate of drug-likeness (QED) is 0.312. The molecule has 0 rings (SSSR count). The van der Waals surface area contributed by atoms with E-state index in [-0.39, 0.29) is 11.5 Å². The van der Waals surface area contributed by atoms with Gasteiger partial charge in [-0.3, -0.25) is 9.59 Å². The maximum absolute atomic E-state index is 10.9. The van der Waals surface area contributed by atoms with Gasteiger partial charge in [0.2, 0.25) is 11.8 Å². The van der Waals surface area contributed by atoms with Crippen molar-refractivity contribution in [1.29, 1.82) is 0 Å². The molecule has 8 nitrogen and oxygen atoms in total. The highest BCUT2D eigenvalue weighted by molar-refractivity contribution is 8.16. The van der Waals surface area contributed by atoms with Gasteiger partial charge in [-0.2, -0.15) is 0 Å². The summed E-state index contributed by atoms with van der Waals surface area (Å²) in [5.41, 5.74) is 0. The average Bonchev–Trinajstić information content (AvgIpc) is 2.34. The van der Waals surface area contributed by atoms with Crippen LogP contribution in [-0.2, 0) is 19.2 Å². The molecule has 0 aliphatic rings. The molecule has 0 saturated carbocycles. The van der Waals surface area contributed by atoms with E-state index < -0.39 is 35.8 Å². The van der Waals surface area contributed by atoms with Crippen LogP contribution in [0.15, 0.2) is 0 Å². The minimum atomic E-state index is -1.12. The predicted octanol–water partition coefficient (Wildman–Crippen LogP) is -0.411. The van der Waals surface area contributed by atoms with Gasteiger partial charge in [-0.15, -0.1) is 23.5 Å². The summed E-state index contributed by atoms with van der Waals surface area (Å²) in [6.45, 7) is 2.47. The lowest BCUT2D eigenvalue weighted by Crippen LogP contribution is -2.42. The Hall–Kier alpha value is -1.42. The van der Waals surface area contributed by atoms with Gasteiger partial charge in [0.05, 0.1) is 0 Å². The van der Waals surface area contributed by atoms with Crippen LogP contribution in [0.25, 0.3) is 0 Å². The molecule has 0 aliphatic heterocycles. The Balaban J connectivity index is 4.01. The van der Waals surface area contributed by atoms with Crippen molar-refractivity contribution >= 4 is 47.3 Å². The van der Waals surface area contributed by atoms with Crippen molar-refractivity contribution in [1.82, 2.24) is 10.6 Å². The Morgan fingerprint density at radius 1 is 0.857 bits per heavy atom. The monoisotopic (exact) mass is 338 g/mol. The highest BCUT2D eigenvalue weighted by atomic mass is 32.2. The minimum absolute atomic E-state index is 0.180. The molecule has 0 saturated heterocycles. The fraction of sp³-hybridized carbons (Fsp3) is 0.636. The van der Waals surface area contributed by atoms with Gasteiger partial charge in [0.15, 0.2) is 0 Å². The summed E-state index contributed by atoms with van der Waals surface area (Å²) in [6.07, 6.45) is 0. The first kappa shape index (κ1) is 19.6. The lowest BCUT2D eigenvalue weighted by Gasteiger charge is -2.14. The minimum Gasteiger partial charge on any atom is -0.480 e. The molecule has 120 valence electrons. The molecule has 10 heteroatoms. The Labute approximate surface area is 130 Å². The number of carbonyl (C=O) groups excluding carboxylic acids is 2. The van der Waals surface area contributed by atoms with Crippen LogP contribution in [0.4, 0.5) is 0 Å². The van der Waals surface area contributed by atoms with Crippen LogP contribution in [0.3, 0.4) is 0 Å². The molecule has 0 bridgehead atoms. The summed E-state index contributed by atoms with van der Waals surface area (Å²) < 4.78 is 0. The van der Waals surface area contributed by atoms with Crippen molar-refractivity contribution in [2.45, 2.75) is 25.9 Å². The maximum atomic E-state index is 10.9. The number of hydrogen-bond donors (Lipinski definition) is 4. The smallest absolute Gasteiger partial charge is 0.327 e. The molecule has 2 amide bonds. The van der Waals surface area contributed by atoms with Crippen molar-refractivity contribution in [2.24, 2.45) is 0 Å². The Kier molecular flexibility index (Phi) is 9.63. The molecule has 2 atom stereocenters. The van der Waals surface area contributed by atoms with E-state index in [1.807, 2.05) is 0 Å². The number of carboxylic acids is 2. The lowest BCUT2D eigenvalue weighted by atomic mass is 10.3. The molecule has 21 heavy (non-hydrogen) atoms. The lowest BCUT2D eigenvalue weighted by molar-refractivity contribution is -0.141. The molecule has 0 aromatic carbocycles. The van der Waals surface area contributed by atoms with E-state index >= 15 is 0 Å². The third-order valence-corrected chi connectivity index (χ3v) is 4.56. The molecule has 0 radical (unpaired) electrons. The van der Waals surface area contributed by atoms with E-state index in [0.29, 0.717) is 5.08 Å². The van der Waals surface area contributed by atoms with Crippen LogP contribution in [0, 0.1) is 0 Å². The third kappa shape index (κ3) is 10.0. The number of nitrogens with one attached hydrogen (secondary N) is 2. The largest absolute Gasteiger partial charge is 0.480 e. The molecule has 0 fully saturated rings. The first-order valence-electron chi connectivity index (χ1n) is 5.89. The van der Waals surface area contributed by atoms with E-state index in [2.05, 4.69) is 10.6 Å². The molecule has 0 heterocycles. The van der Waals surface area contributed by atoms with Gasteiger partial charge >= 0.3 is 11.9 Å². The van der Waals surface area contributed by atoms with Gasteiger partial charge in [0.1, 0.15) is 12.1 Å². The third-order valence-electron chi connectivity index (χ3n) is 2.09. The fourth-order valence-electron chi connectivity index (χ4n) is 1.23. The second kappa shape index (κ2) is 10.3. The van der Waals surface area contributed by atoms with E-state index in [1.54, 1.807) is 0 Å². The van der Waals surface area contributed by atoms with Crippen molar-refractivity contribution in [3.8, 4) is 0 Å². The number of rotatable bonds is 10. The molecule has 0 aliphatic carbocycles. The summed E-state index contributed by atoms with van der Waals surface area (Å²) in [7, 11) is 0. The topological polar surface area (TPSA) is 133 Å². The normalized spacial score (nSPS) is 13.0. The average molecular weight is 338 g/mol. The van der Waals surface area contributed by atoms with Gasteiger partial charge in [-0.1, -0.05) is 0 Å². The van der Waals surface area contributed by atoms with Crippen LogP contribution in [0.1, 0.15) is 13.8 Å². The standard InChI is InChI=1S/C11H18N2O6S2/c1-6(14)12-8(10(16)17)3-20-5-21-4-9(11(18)19)13-7(2)15/h8-9H,3-5H2,1-2H3,(H,12,14)(H,13,15)(H,16,17)(H,18,19). The zero-order valence-corrected chi connectivity index (χ0v) is 13.3. The number of amides is 2. The highest BCUT2D eigenvalue weighted by Crippen LogP contribution is 2.14. The van der Waals surface area contributed by atoms with E-state index in [0.717, 1.165) is 0 Å². The summed E-state index contributed by atoms with van der Waals surface area (Å²) in [6, 6.07) is -1.95. The van der Waals surface area contributed by atoms with Gasteiger partial charge in [0, 0.05) is 30.4 Å². The van der Waals surface area contributed by atoms with Crippen LogP contribution in [-0.4, -0.2) is 62.6 Å². The van der Waals surface area contributed by atoms with Crippen LogP contribution in [0.2, 0.25) is 0 Å². The molecule has 0 aromatic heterocycles. The zero-order chi connectivity index (χ0) is 16.4. The number of aliphatic carboxylic acids is 2. The summed E-state index contributed by atoms with van der Waals surface area (Å²) >= 11 is 2.53. The Morgan fingerprint density at radius 2 is 1.19 bits per heavy atom. The molecular weight excluding hydrogens is 320 g/mol.